The highest BCUT2D eigenvalue weighted by Crippen LogP contribution is 2.29. The largest absolute Gasteiger partial charge is 0.490 e. The SMILES string of the molecule is C[C@@H]1CCCCO[C@@H](CN(C)C)[C@@H](C)CN([C@@H](C)CO)C(=O)c2cc(NS(=O)(=O)c3ccc(F)cc3)ccc2O1. The minimum Gasteiger partial charge on any atom is -0.490 e. The number of ether oxygens (including phenoxy) is 2. The molecule has 0 bridgehead atoms. The minimum atomic E-state index is -4.04. The standard InChI is InChI=1S/C29H42FN3O6S/c1-20-17-33(21(2)19-34)29(35)26-16-24(31-40(36,37)25-12-9-23(30)10-13-25)11-14-27(26)39-22(3)8-6-7-15-38-28(20)18-32(4)5/h9-14,16,20-22,28,31,34H,6-8,15,17-19H2,1-5H3/t20-,21-,22+,28-/m0/s1. The number of hydrogen-bond donors (Lipinski definition) is 2. The van der Waals surface area contributed by atoms with Gasteiger partial charge in [-0.25, -0.2) is 12.8 Å². The Bertz CT molecular complexity index is 1220. The topological polar surface area (TPSA) is 108 Å². The van der Waals surface area contributed by atoms with Gasteiger partial charge in [-0.1, -0.05) is 6.92 Å². The molecule has 1 amide bonds. The zero-order valence-electron chi connectivity index (χ0n) is 24.0. The Morgan fingerprint density at radius 3 is 2.50 bits per heavy atom. The Morgan fingerprint density at radius 1 is 1.15 bits per heavy atom. The molecule has 1 aliphatic heterocycles. The molecule has 0 radical (unpaired) electrons. The third kappa shape index (κ3) is 8.63. The van der Waals surface area contributed by atoms with Crippen LogP contribution in [0.5, 0.6) is 5.75 Å². The van der Waals surface area contributed by atoms with E-state index in [1.165, 1.54) is 24.3 Å². The Morgan fingerprint density at radius 2 is 1.85 bits per heavy atom. The maximum atomic E-state index is 14.1. The van der Waals surface area contributed by atoms with Crippen molar-refractivity contribution in [1.29, 1.82) is 0 Å². The molecule has 0 aliphatic carbocycles. The summed E-state index contributed by atoms with van der Waals surface area (Å²) < 4.78 is 54.2. The number of likely N-dealkylation sites (N-methyl/N-ethyl adjacent to an activating group) is 1. The summed E-state index contributed by atoms with van der Waals surface area (Å²) >= 11 is 0. The number of aliphatic hydroxyl groups is 1. The molecule has 0 spiro atoms. The fourth-order valence-corrected chi connectivity index (χ4v) is 5.69. The number of nitrogens with one attached hydrogen (secondary N) is 1. The second kappa shape index (κ2) is 14.2. The molecule has 2 aromatic carbocycles. The average molecular weight is 580 g/mol. The Hall–Kier alpha value is -2.73. The van der Waals surface area contributed by atoms with Crippen LogP contribution in [0.15, 0.2) is 47.4 Å². The van der Waals surface area contributed by atoms with E-state index in [2.05, 4.69) is 9.62 Å². The summed E-state index contributed by atoms with van der Waals surface area (Å²) in [4.78, 5) is 17.6. The van der Waals surface area contributed by atoms with Crippen LogP contribution in [0, 0.1) is 11.7 Å². The Labute approximate surface area is 237 Å². The van der Waals surface area contributed by atoms with Crippen LogP contribution in [-0.4, -0.2) is 87.9 Å². The van der Waals surface area contributed by atoms with Crippen LogP contribution in [0.25, 0.3) is 0 Å². The number of carbonyl (C=O) groups excluding carboxylic acids is 1. The molecule has 1 heterocycles. The molecule has 1 aliphatic rings. The van der Waals surface area contributed by atoms with E-state index in [1.807, 2.05) is 27.9 Å². The van der Waals surface area contributed by atoms with Gasteiger partial charge >= 0.3 is 0 Å². The first-order valence-electron chi connectivity index (χ1n) is 13.7. The maximum absolute atomic E-state index is 14.1. The number of aliphatic hydroxyl groups excluding tert-OH is 1. The van der Waals surface area contributed by atoms with E-state index in [0.717, 1.165) is 31.4 Å². The third-order valence-corrected chi connectivity index (χ3v) is 8.37. The van der Waals surface area contributed by atoms with Crippen molar-refractivity contribution in [2.24, 2.45) is 5.92 Å². The van der Waals surface area contributed by atoms with Crippen molar-refractivity contribution < 1.29 is 32.2 Å². The Kier molecular flexibility index (Phi) is 11.3. The monoisotopic (exact) mass is 579 g/mol. The van der Waals surface area contributed by atoms with Gasteiger partial charge in [-0.2, -0.15) is 0 Å². The molecule has 3 rings (SSSR count). The van der Waals surface area contributed by atoms with E-state index in [-0.39, 0.29) is 46.8 Å². The van der Waals surface area contributed by atoms with Gasteiger partial charge in [-0.15, -0.1) is 0 Å². The number of anilines is 1. The van der Waals surface area contributed by atoms with Crippen LogP contribution in [0.2, 0.25) is 0 Å². The molecule has 0 unspecified atom stereocenters. The molecule has 2 aromatic rings. The third-order valence-electron chi connectivity index (χ3n) is 6.97. The van der Waals surface area contributed by atoms with Crippen molar-refractivity contribution in [3.8, 4) is 5.75 Å². The van der Waals surface area contributed by atoms with E-state index < -0.39 is 21.9 Å². The summed E-state index contributed by atoms with van der Waals surface area (Å²) in [5, 5.41) is 10.0. The quantitative estimate of drug-likeness (QED) is 0.511. The molecular weight excluding hydrogens is 537 g/mol. The number of amides is 1. The first-order valence-corrected chi connectivity index (χ1v) is 15.2. The van der Waals surface area contributed by atoms with Gasteiger partial charge in [0.2, 0.25) is 0 Å². The highest BCUT2D eigenvalue weighted by Gasteiger charge is 2.30. The molecule has 222 valence electrons. The van der Waals surface area contributed by atoms with Crippen molar-refractivity contribution in [1.82, 2.24) is 9.80 Å². The first kappa shape index (κ1) is 31.8. The van der Waals surface area contributed by atoms with Gasteiger partial charge in [0.15, 0.2) is 0 Å². The molecule has 9 nitrogen and oxygen atoms in total. The maximum Gasteiger partial charge on any atom is 0.261 e. The Balaban J connectivity index is 2.02. The molecule has 40 heavy (non-hydrogen) atoms. The van der Waals surface area contributed by atoms with E-state index in [9.17, 15) is 22.7 Å². The van der Waals surface area contributed by atoms with Gasteiger partial charge in [0.05, 0.1) is 35.3 Å². The summed E-state index contributed by atoms with van der Waals surface area (Å²) in [6, 6.07) is 8.54. The lowest BCUT2D eigenvalue weighted by Crippen LogP contribution is -2.47. The molecule has 0 fully saturated rings. The normalized spacial score (nSPS) is 22.2. The average Bonchev–Trinajstić information content (AvgIpc) is 2.90. The zero-order valence-corrected chi connectivity index (χ0v) is 24.8. The molecule has 0 saturated heterocycles. The highest BCUT2D eigenvalue weighted by atomic mass is 32.2. The van der Waals surface area contributed by atoms with Gasteiger partial charge in [0.1, 0.15) is 11.6 Å². The number of nitrogens with zero attached hydrogens (tertiary/aromatic N) is 2. The zero-order chi connectivity index (χ0) is 29.4. The van der Waals surface area contributed by atoms with Crippen LogP contribution in [0.3, 0.4) is 0 Å². The van der Waals surface area contributed by atoms with Crippen molar-refractivity contribution in [3.63, 3.8) is 0 Å². The number of halogens is 1. The summed E-state index contributed by atoms with van der Waals surface area (Å²) in [7, 11) is -0.0862. The van der Waals surface area contributed by atoms with Gasteiger partial charge in [0.25, 0.3) is 15.9 Å². The predicted molar refractivity (Wildman–Crippen MR) is 153 cm³/mol. The summed E-state index contributed by atoms with van der Waals surface area (Å²) in [6.45, 7) is 7.07. The lowest BCUT2D eigenvalue weighted by Gasteiger charge is -2.35. The smallest absolute Gasteiger partial charge is 0.261 e. The summed E-state index contributed by atoms with van der Waals surface area (Å²) in [6.07, 6.45) is 2.19. The molecule has 2 N–H and O–H groups in total. The second-order valence-electron chi connectivity index (χ2n) is 10.8. The van der Waals surface area contributed by atoms with Gasteiger partial charge in [0, 0.05) is 31.3 Å². The molecule has 4 atom stereocenters. The lowest BCUT2D eigenvalue weighted by atomic mass is 10.0. The first-order chi connectivity index (χ1) is 18.9. The number of hydrogen-bond acceptors (Lipinski definition) is 7. The fraction of sp³-hybridized carbons (Fsp3) is 0.552. The molecule has 0 saturated carbocycles. The van der Waals surface area contributed by atoms with Gasteiger partial charge in [-0.05, 0) is 89.7 Å². The second-order valence-corrected chi connectivity index (χ2v) is 12.5. The lowest BCUT2D eigenvalue weighted by molar-refractivity contribution is -0.0137. The number of fused-ring (bicyclic) bond motifs is 1. The number of sulfonamides is 1. The number of carbonyl (C=O) groups is 1. The minimum absolute atomic E-state index is 0.0493. The predicted octanol–water partition coefficient (Wildman–Crippen LogP) is 3.98. The molecule has 11 heteroatoms. The van der Waals surface area contributed by atoms with Gasteiger partial charge in [-0.3, -0.25) is 9.52 Å². The molecule has 0 aromatic heterocycles. The summed E-state index contributed by atoms with van der Waals surface area (Å²) in [5.74, 6) is -0.651. The van der Waals surface area contributed by atoms with Crippen molar-refractivity contribution >= 4 is 21.6 Å². The van der Waals surface area contributed by atoms with E-state index in [4.69, 9.17) is 9.47 Å². The number of rotatable bonds is 7. The van der Waals surface area contributed by atoms with Crippen LogP contribution in [0.4, 0.5) is 10.1 Å². The van der Waals surface area contributed by atoms with E-state index in [1.54, 1.807) is 17.9 Å². The van der Waals surface area contributed by atoms with Crippen LogP contribution in [-0.2, 0) is 14.8 Å². The fourth-order valence-electron chi connectivity index (χ4n) is 4.64. The van der Waals surface area contributed by atoms with Crippen LogP contribution < -0.4 is 9.46 Å². The van der Waals surface area contributed by atoms with Crippen molar-refractivity contribution in [3.05, 3.63) is 53.8 Å². The van der Waals surface area contributed by atoms with E-state index >= 15 is 0 Å². The molecular formula is C29H42FN3O6S. The number of benzene rings is 2. The highest BCUT2D eigenvalue weighted by molar-refractivity contribution is 7.92. The van der Waals surface area contributed by atoms with Crippen molar-refractivity contribution in [2.45, 2.75) is 63.2 Å². The van der Waals surface area contributed by atoms with Crippen LogP contribution in [0.1, 0.15) is 50.4 Å². The van der Waals surface area contributed by atoms with Crippen molar-refractivity contribution in [2.75, 3.05) is 45.1 Å². The summed E-state index contributed by atoms with van der Waals surface area (Å²) in [5.41, 5.74) is 0.341. The van der Waals surface area contributed by atoms with E-state index in [0.29, 0.717) is 25.4 Å². The van der Waals surface area contributed by atoms with Crippen LogP contribution >= 0.6 is 0 Å². The van der Waals surface area contributed by atoms with Gasteiger partial charge < -0.3 is 24.4 Å².